The number of terminal acetylenes is 1. The number of ether oxygens (including phenoxy) is 1. The fraction of sp³-hybridized carbons (Fsp3) is 0.750. The first-order chi connectivity index (χ1) is 7.52. The van der Waals surface area contributed by atoms with E-state index in [1.807, 2.05) is 0 Å². The zero-order chi connectivity index (χ0) is 12.2. The Morgan fingerprint density at radius 1 is 1.62 bits per heavy atom. The van der Waals surface area contributed by atoms with E-state index in [1.165, 1.54) is 0 Å². The van der Waals surface area contributed by atoms with Crippen LogP contribution in [0.2, 0.25) is 0 Å². The Morgan fingerprint density at radius 2 is 2.31 bits per heavy atom. The van der Waals surface area contributed by atoms with E-state index in [0.29, 0.717) is 6.54 Å². The highest BCUT2D eigenvalue weighted by Gasteiger charge is 2.49. The van der Waals surface area contributed by atoms with Crippen LogP contribution < -0.4 is 10.6 Å². The van der Waals surface area contributed by atoms with Gasteiger partial charge in [0.25, 0.3) is 0 Å². The van der Waals surface area contributed by atoms with Crippen LogP contribution in [0.5, 0.6) is 0 Å². The van der Waals surface area contributed by atoms with E-state index in [4.69, 9.17) is 11.2 Å². The summed E-state index contributed by atoms with van der Waals surface area (Å²) >= 11 is 0. The first kappa shape index (κ1) is 13.0. The molecule has 1 saturated carbocycles. The molecule has 1 amide bonds. The van der Waals surface area contributed by atoms with E-state index >= 15 is 0 Å². The third-order valence-electron chi connectivity index (χ3n) is 3.31. The molecule has 1 aliphatic carbocycles. The Kier molecular flexibility index (Phi) is 4.34. The van der Waals surface area contributed by atoms with Gasteiger partial charge >= 0.3 is 0 Å². The van der Waals surface area contributed by atoms with Crippen LogP contribution in [-0.2, 0) is 9.53 Å². The minimum absolute atomic E-state index is 0.0104. The molecule has 16 heavy (non-hydrogen) atoms. The van der Waals surface area contributed by atoms with Gasteiger partial charge in [-0.25, -0.2) is 0 Å². The lowest BCUT2D eigenvalue weighted by Crippen LogP contribution is -2.62. The van der Waals surface area contributed by atoms with Crippen molar-refractivity contribution in [2.45, 2.75) is 32.4 Å². The number of methoxy groups -OCH3 is 1. The summed E-state index contributed by atoms with van der Waals surface area (Å²) in [6.07, 6.45) is 6.18. The van der Waals surface area contributed by atoms with Gasteiger partial charge in [-0.3, -0.25) is 10.1 Å². The minimum Gasteiger partial charge on any atom is -0.381 e. The third-order valence-corrected chi connectivity index (χ3v) is 3.31. The number of nitrogens with one attached hydrogen (secondary N) is 2. The highest BCUT2D eigenvalue weighted by Crippen LogP contribution is 2.42. The lowest BCUT2D eigenvalue weighted by molar-refractivity contribution is -0.131. The van der Waals surface area contributed by atoms with Crippen LogP contribution in [-0.4, -0.2) is 38.3 Å². The van der Waals surface area contributed by atoms with Crippen molar-refractivity contribution in [2.24, 2.45) is 5.41 Å². The molecule has 0 saturated heterocycles. The largest absolute Gasteiger partial charge is 0.381 e. The maximum Gasteiger partial charge on any atom is 0.234 e. The second-order valence-corrected chi connectivity index (χ2v) is 4.71. The molecule has 0 spiro atoms. The van der Waals surface area contributed by atoms with Gasteiger partial charge in [0.05, 0.1) is 19.2 Å². The average molecular weight is 224 g/mol. The lowest BCUT2D eigenvalue weighted by atomic mass is 9.64. The van der Waals surface area contributed by atoms with Gasteiger partial charge in [-0.1, -0.05) is 19.8 Å². The first-order valence-corrected chi connectivity index (χ1v) is 5.48. The maximum atomic E-state index is 11.5. The quantitative estimate of drug-likeness (QED) is 0.516. The summed E-state index contributed by atoms with van der Waals surface area (Å²) in [5.41, 5.74) is 0.0104. The van der Waals surface area contributed by atoms with Crippen molar-refractivity contribution in [3.8, 4) is 12.3 Å². The molecule has 0 bridgehead atoms. The van der Waals surface area contributed by atoms with Crippen LogP contribution >= 0.6 is 0 Å². The number of rotatable bonds is 5. The molecule has 1 aliphatic rings. The molecular weight excluding hydrogens is 204 g/mol. The monoisotopic (exact) mass is 224 g/mol. The van der Waals surface area contributed by atoms with E-state index in [2.05, 4.69) is 30.4 Å². The highest BCUT2D eigenvalue weighted by molar-refractivity contribution is 5.78. The molecule has 1 rings (SSSR count). The van der Waals surface area contributed by atoms with E-state index < -0.39 is 0 Å². The second kappa shape index (κ2) is 5.33. The second-order valence-electron chi connectivity index (χ2n) is 4.71. The summed E-state index contributed by atoms with van der Waals surface area (Å²) in [4.78, 5) is 11.5. The Labute approximate surface area is 97.1 Å². The van der Waals surface area contributed by atoms with Gasteiger partial charge < -0.3 is 10.1 Å². The van der Waals surface area contributed by atoms with Crippen molar-refractivity contribution < 1.29 is 9.53 Å². The fourth-order valence-electron chi connectivity index (χ4n) is 2.02. The Bertz CT molecular complexity index is 294. The van der Waals surface area contributed by atoms with Crippen molar-refractivity contribution in [2.75, 3.05) is 20.2 Å². The summed E-state index contributed by atoms with van der Waals surface area (Å²) in [5.74, 6) is 2.41. The Hall–Kier alpha value is -1.05. The maximum absolute atomic E-state index is 11.5. The van der Waals surface area contributed by atoms with Gasteiger partial charge in [0.15, 0.2) is 0 Å². The molecule has 2 N–H and O–H groups in total. The fourth-order valence-corrected chi connectivity index (χ4v) is 2.02. The molecule has 90 valence electrons. The molecule has 0 heterocycles. The van der Waals surface area contributed by atoms with E-state index in [9.17, 15) is 4.79 Å². The average Bonchev–Trinajstić information content (AvgIpc) is 2.24. The van der Waals surface area contributed by atoms with Gasteiger partial charge in [-0.2, -0.15) is 0 Å². The predicted octanol–water partition coefficient (Wildman–Crippen LogP) is 0.139. The van der Waals surface area contributed by atoms with Crippen molar-refractivity contribution in [1.29, 1.82) is 0 Å². The number of hydrogen-bond acceptors (Lipinski definition) is 3. The Balaban J connectivity index is 2.29. The summed E-state index contributed by atoms with van der Waals surface area (Å²) in [5, 5.41) is 5.84. The van der Waals surface area contributed by atoms with Crippen LogP contribution in [0, 0.1) is 17.8 Å². The van der Waals surface area contributed by atoms with Crippen molar-refractivity contribution >= 4 is 5.91 Å². The zero-order valence-corrected chi connectivity index (χ0v) is 10.2. The van der Waals surface area contributed by atoms with E-state index in [1.54, 1.807) is 7.11 Å². The van der Waals surface area contributed by atoms with Crippen LogP contribution in [0.4, 0.5) is 0 Å². The van der Waals surface area contributed by atoms with Gasteiger partial charge in [0.2, 0.25) is 5.91 Å². The summed E-state index contributed by atoms with van der Waals surface area (Å²) in [6, 6.07) is 0.192. The van der Waals surface area contributed by atoms with Crippen molar-refractivity contribution in [3.63, 3.8) is 0 Å². The van der Waals surface area contributed by atoms with Gasteiger partial charge in [0.1, 0.15) is 0 Å². The van der Waals surface area contributed by atoms with Crippen molar-refractivity contribution in [3.05, 3.63) is 0 Å². The number of carbonyl (C=O) groups excluding carboxylic acids is 1. The molecule has 0 aromatic heterocycles. The van der Waals surface area contributed by atoms with Gasteiger partial charge in [-0.05, 0) is 6.42 Å². The third kappa shape index (κ3) is 2.75. The minimum atomic E-state index is -0.0112. The summed E-state index contributed by atoms with van der Waals surface area (Å²) in [7, 11) is 1.71. The van der Waals surface area contributed by atoms with Gasteiger partial charge in [-0.15, -0.1) is 6.42 Å². The molecule has 0 aliphatic heterocycles. The van der Waals surface area contributed by atoms with Crippen LogP contribution in [0.15, 0.2) is 0 Å². The smallest absolute Gasteiger partial charge is 0.234 e. The molecular formula is C12H20N2O2. The lowest BCUT2D eigenvalue weighted by Gasteiger charge is -2.51. The molecule has 1 fully saturated rings. The van der Waals surface area contributed by atoms with Crippen LogP contribution in [0.25, 0.3) is 0 Å². The molecule has 0 aromatic carbocycles. The Morgan fingerprint density at radius 3 is 2.81 bits per heavy atom. The molecule has 2 atom stereocenters. The van der Waals surface area contributed by atoms with Crippen LogP contribution in [0.3, 0.4) is 0 Å². The number of carbonyl (C=O) groups is 1. The molecule has 0 radical (unpaired) electrons. The van der Waals surface area contributed by atoms with Crippen molar-refractivity contribution in [1.82, 2.24) is 10.6 Å². The molecule has 4 heteroatoms. The standard InChI is InChI=1S/C12H20N2O2/c1-5-6-13-8-11(15)14-9-7-10(16-4)12(9,2)3/h1,9-10,13H,6-8H2,2-4H3,(H,14,15). The summed E-state index contributed by atoms with van der Waals surface area (Å²) < 4.78 is 5.32. The molecule has 0 aromatic rings. The number of amides is 1. The number of hydrogen-bond donors (Lipinski definition) is 2. The highest BCUT2D eigenvalue weighted by atomic mass is 16.5. The topological polar surface area (TPSA) is 50.4 Å². The molecule has 4 nitrogen and oxygen atoms in total. The van der Waals surface area contributed by atoms with E-state index in [-0.39, 0.29) is 30.0 Å². The summed E-state index contributed by atoms with van der Waals surface area (Å²) in [6.45, 7) is 4.89. The van der Waals surface area contributed by atoms with E-state index in [0.717, 1.165) is 6.42 Å². The molecule has 2 unspecified atom stereocenters. The SMILES string of the molecule is C#CCNCC(=O)NC1CC(OC)C1(C)C. The normalized spacial score (nSPS) is 26.6. The van der Waals surface area contributed by atoms with Crippen LogP contribution in [0.1, 0.15) is 20.3 Å². The van der Waals surface area contributed by atoms with Gasteiger partial charge in [0, 0.05) is 18.6 Å². The zero-order valence-electron chi connectivity index (χ0n) is 10.2. The predicted molar refractivity (Wildman–Crippen MR) is 62.8 cm³/mol. The first-order valence-electron chi connectivity index (χ1n) is 5.48.